The molecule has 0 saturated carbocycles. The number of aryl methyl sites for hydroxylation is 2. The molecular weight excluding hydrogens is 348 g/mol. The normalized spacial score (nSPS) is 13.4. The summed E-state index contributed by atoms with van der Waals surface area (Å²) in [6.07, 6.45) is 2.99. The zero-order valence-corrected chi connectivity index (χ0v) is 15.4. The molecule has 0 spiro atoms. The number of anilines is 2. The summed E-state index contributed by atoms with van der Waals surface area (Å²) in [5.41, 5.74) is 3.33. The van der Waals surface area contributed by atoms with Gasteiger partial charge in [0.25, 0.3) is 5.91 Å². The molecule has 0 saturated heterocycles. The summed E-state index contributed by atoms with van der Waals surface area (Å²) >= 11 is 0. The number of carbonyl (C=O) groups excluding carboxylic acids is 2. The van der Waals surface area contributed by atoms with Gasteiger partial charge in [0.2, 0.25) is 5.91 Å². The third-order valence-electron chi connectivity index (χ3n) is 4.57. The van der Waals surface area contributed by atoms with Crippen molar-refractivity contribution in [2.24, 2.45) is 0 Å². The summed E-state index contributed by atoms with van der Waals surface area (Å²) in [5, 5.41) is 11.8. The summed E-state index contributed by atoms with van der Waals surface area (Å²) in [4.78, 5) is 37.5. The summed E-state index contributed by atoms with van der Waals surface area (Å²) < 4.78 is 5.22. The first kappa shape index (κ1) is 18.7. The topological polar surface area (TPSA) is 99.9 Å². The van der Waals surface area contributed by atoms with Gasteiger partial charge in [-0.1, -0.05) is 6.92 Å². The average molecular weight is 370 g/mol. The second kappa shape index (κ2) is 7.65. The van der Waals surface area contributed by atoms with Crippen LogP contribution in [0.2, 0.25) is 0 Å². The molecule has 142 valence electrons. The fraction of sp³-hybridized carbons (Fsp3) is 0.350. The van der Waals surface area contributed by atoms with Crippen molar-refractivity contribution in [3.63, 3.8) is 0 Å². The van der Waals surface area contributed by atoms with Crippen LogP contribution in [0.15, 0.2) is 28.9 Å². The van der Waals surface area contributed by atoms with Gasteiger partial charge >= 0.3 is 5.97 Å². The van der Waals surface area contributed by atoms with Crippen LogP contribution in [-0.2, 0) is 22.4 Å². The van der Waals surface area contributed by atoms with Crippen molar-refractivity contribution in [1.82, 2.24) is 0 Å². The second-order valence-electron chi connectivity index (χ2n) is 6.63. The van der Waals surface area contributed by atoms with Gasteiger partial charge in [-0.2, -0.15) is 0 Å². The van der Waals surface area contributed by atoms with Crippen LogP contribution in [0.3, 0.4) is 0 Å². The fourth-order valence-electron chi connectivity index (χ4n) is 3.37. The number of nitrogens with zero attached hydrogens (tertiary/aromatic N) is 1. The van der Waals surface area contributed by atoms with E-state index in [2.05, 4.69) is 5.32 Å². The van der Waals surface area contributed by atoms with Gasteiger partial charge in [0.15, 0.2) is 0 Å². The Bertz CT molecular complexity index is 900. The van der Waals surface area contributed by atoms with Crippen LogP contribution in [-0.4, -0.2) is 29.4 Å². The third-order valence-corrected chi connectivity index (χ3v) is 4.57. The molecule has 1 aromatic heterocycles. The number of carbonyl (C=O) groups is 3. The van der Waals surface area contributed by atoms with E-state index in [0.29, 0.717) is 30.6 Å². The first-order chi connectivity index (χ1) is 12.9. The van der Waals surface area contributed by atoms with Gasteiger partial charge in [0.05, 0.1) is 11.8 Å². The van der Waals surface area contributed by atoms with Gasteiger partial charge in [-0.25, -0.2) is 0 Å². The van der Waals surface area contributed by atoms with Gasteiger partial charge in [0.1, 0.15) is 12.2 Å². The summed E-state index contributed by atoms with van der Waals surface area (Å²) in [6.45, 7) is 4.40. The number of fused-ring (bicyclic) bond motifs is 1. The molecule has 2 heterocycles. The molecule has 0 aliphatic carbocycles. The Morgan fingerprint density at radius 2 is 2.07 bits per heavy atom. The number of rotatable bonds is 6. The number of carboxylic acid groups (broad SMARTS) is 1. The molecule has 7 nitrogen and oxygen atoms in total. The molecule has 3 rings (SSSR count). The van der Waals surface area contributed by atoms with Crippen LogP contribution in [0, 0.1) is 6.92 Å². The minimum absolute atomic E-state index is 0.119. The van der Waals surface area contributed by atoms with Crippen molar-refractivity contribution < 1.29 is 23.9 Å². The first-order valence-electron chi connectivity index (χ1n) is 8.94. The number of aliphatic carboxylic acids is 1. The highest BCUT2D eigenvalue weighted by atomic mass is 16.4. The summed E-state index contributed by atoms with van der Waals surface area (Å²) in [6, 6.07) is 5.47. The van der Waals surface area contributed by atoms with E-state index < -0.39 is 11.9 Å². The van der Waals surface area contributed by atoms with Crippen LogP contribution in [0.5, 0.6) is 0 Å². The summed E-state index contributed by atoms with van der Waals surface area (Å²) in [5.74, 6) is -1.22. The smallest absolute Gasteiger partial charge is 0.311 e. The third kappa shape index (κ3) is 3.86. The number of carboxylic acids is 1. The van der Waals surface area contributed by atoms with Gasteiger partial charge in [-0.3, -0.25) is 14.4 Å². The highest BCUT2D eigenvalue weighted by Gasteiger charge is 2.25. The highest BCUT2D eigenvalue weighted by molar-refractivity contribution is 6.06. The molecule has 1 aliphatic heterocycles. The number of hydrogen-bond donors (Lipinski definition) is 2. The second-order valence-corrected chi connectivity index (χ2v) is 6.63. The number of hydrogen-bond acceptors (Lipinski definition) is 4. The molecule has 7 heteroatoms. The first-order valence-corrected chi connectivity index (χ1v) is 8.94. The van der Waals surface area contributed by atoms with Crippen LogP contribution >= 0.6 is 0 Å². The Morgan fingerprint density at radius 3 is 2.78 bits per heavy atom. The molecular formula is C20H22N2O5. The number of furan rings is 1. The Morgan fingerprint density at radius 1 is 1.30 bits per heavy atom. The van der Waals surface area contributed by atoms with E-state index in [4.69, 9.17) is 9.52 Å². The standard InChI is InChI=1S/C20H22N2O5/c1-3-8-22-15-6-5-14(9-13(15)4-7-17(22)23)21-20(26)19-12(2)11-27-16(19)10-18(24)25/h5-6,9,11H,3-4,7-8,10H2,1-2H3,(H,21,26)(H,24,25). The van der Waals surface area contributed by atoms with E-state index >= 15 is 0 Å². The molecule has 0 unspecified atom stereocenters. The molecule has 0 atom stereocenters. The van der Waals surface area contributed by atoms with Crippen molar-refractivity contribution in [2.45, 2.75) is 39.5 Å². The number of benzene rings is 1. The Labute approximate surface area is 157 Å². The molecule has 2 N–H and O–H groups in total. The lowest BCUT2D eigenvalue weighted by Crippen LogP contribution is -2.35. The Kier molecular flexibility index (Phi) is 5.30. The molecule has 2 amide bonds. The van der Waals surface area contributed by atoms with Crippen molar-refractivity contribution in [3.05, 3.63) is 46.9 Å². The van der Waals surface area contributed by atoms with Crippen molar-refractivity contribution in [3.8, 4) is 0 Å². The predicted molar refractivity (Wildman–Crippen MR) is 100 cm³/mol. The maximum absolute atomic E-state index is 12.7. The van der Waals surface area contributed by atoms with Gasteiger partial charge < -0.3 is 19.7 Å². The van der Waals surface area contributed by atoms with Crippen molar-refractivity contribution in [1.29, 1.82) is 0 Å². The molecule has 0 bridgehead atoms. The van der Waals surface area contributed by atoms with E-state index in [9.17, 15) is 14.4 Å². The van der Waals surface area contributed by atoms with Gasteiger partial charge in [-0.05, 0) is 43.5 Å². The van der Waals surface area contributed by atoms with Crippen LogP contribution in [0.1, 0.15) is 47.0 Å². The van der Waals surface area contributed by atoms with Crippen molar-refractivity contribution in [2.75, 3.05) is 16.8 Å². The van der Waals surface area contributed by atoms with Gasteiger partial charge in [0, 0.05) is 29.9 Å². The maximum atomic E-state index is 12.7. The molecule has 1 aliphatic rings. The SMILES string of the molecule is CCCN1C(=O)CCc2cc(NC(=O)c3c(C)coc3CC(=O)O)ccc21. The lowest BCUT2D eigenvalue weighted by atomic mass is 10.00. The fourth-order valence-corrected chi connectivity index (χ4v) is 3.37. The monoisotopic (exact) mass is 370 g/mol. The van der Waals surface area contributed by atoms with Crippen LogP contribution in [0.25, 0.3) is 0 Å². The molecule has 2 aromatic rings. The molecule has 1 aromatic carbocycles. The van der Waals surface area contributed by atoms with E-state index in [1.165, 1.54) is 6.26 Å². The highest BCUT2D eigenvalue weighted by Crippen LogP contribution is 2.31. The average Bonchev–Trinajstić information content (AvgIpc) is 2.97. The predicted octanol–water partition coefficient (Wildman–Crippen LogP) is 3.16. The Hall–Kier alpha value is -3.09. The number of nitrogens with one attached hydrogen (secondary N) is 1. The maximum Gasteiger partial charge on any atom is 0.311 e. The van der Waals surface area contributed by atoms with Crippen LogP contribution < -0.4 is 10.2 Å². The zero-order chi connectivity index (χ0) is 19.6. The van der Waals surface area contributed by atoms with Crippen molar-refractivity contribution >= 4 is 29.2 Å². The minimum Gasteiger partial charge on any atom is -0.481 e. The zero-order valence-electron chi connectivity index (χ0n) is 15.4. The lowest BCUT2D eigenvalue weighted by Gasteiger charge is -2.29. The lowest BCUT2D eigenvalue weighted by molar-refractivity contribution is -0.136. The van der Waals surface area contributed by atoms with E-state index in [1.54, 1.807) is 17.9 Å². The molecule has 0 radical (unpaired) electrons. The quantitative estimate of drug-likeness (QED) is 0.814. The van der Waals surface area contributed by atoms with Crippen LogP contribution in [0.4, 0.5) is 11.4 Å². The van der Waals surface area contributed by atoms with E-state index in [0.717, 1.165) is 17.7 Å². The van der Waals surface area contributed by atoms with E-state index in [-0.39, 0.29) is 23.7 Å². The van der Waals surface area contributed by atoms with E-state index in [1.807, 2.05) is 19.1 Å². The van der Waals surface area contributed by atoms with Gasteiger partial charge in [-0.15, -0.1) is 0 Å². The summed E-state index contributed by atoms with van der Waals surface area (Å²) in [7, 11) is 0. The number of amides is 2. The largest absolute Gasteiger partial charge is 0.481 e. The Balaban J connectivity index is 1.83. The molecule has 27 heavy (non-hydrogen) atoms. The minimum atomic E-state index is -1.06. The molecule has 0 fully saturated rings.